The molecule has 1 aliphatic rings. The predicted molar refractivity (Wildman–Crippen MR) is 149 cm³/mol. The Hall–Kier alpha value is -2.67. The monoisotopic (exact) mass is 582 g/mol. The van der Waals surface area contributed by atoms with Gasteiger partial charge >= 0.3 is 0 Å². The standard InChI is InChI=1S/C30H29F2IN2/c1-20(34-16-15-24-19-35-29-14-13-26(33)18-27(24)29)22-11-9-21(10-12-22)17-23-5-2-3-8-28(23)30(31,32)25-6-4-7-25/h2-3,5,8-14,18-19,25,34-35H,1,4,6-7,15-17H2. The molecule has 2 nitrogen and oxygen atoms in total. The van der Waals surface area contributed by atoms with Crippen molar-refractivity contribution in [3.05, 3.63) is 111 Å². The molecule has 35 heavy (non-hydrogen) atoms. The number of H-pyrrole nitrogens is 1. The summed E-state index contributed by atoms with van der Waals surface area (Å²) in [6.45, 7) is 4.98. The van der Waals surface area contributed by atoms with Crippen LogP contribution >= 0.6 is 22.6 Å². The summed E-state index contributed by atoms with van der Waals surface area (Å²) in [6.07, 6.45) is 5.60. The minimum absolute atomic E-state index is 0.187. The zero-order valence-corrected chi connectivity index (χ0v) is 21.7. The van der Waals surface area contributed by atoms with E-state index in [9.17, 15) is 0 Å². The molecular formula is C30H29F2IN2. The Morgan fingerprint density at radius 1 is 1.03 bits per heavy atom. The summed E-state index contributed by atoms with van der Waals surface area (Å²) >= 11 is 2.34. The van der Waals surface area contributed by atoms with Crippen molar-refractivity contribution in [2.75, 3.05) is 6.54 Å². The van der Waals surface area contributed by atoms with E-state index in [-0.39, 0.29) is 5.56 Å². The van der Waals surface area contributed by atoms with Crippen LogP contribution in [0, 0.1) is 9.49 Å². The van der Waals surface area contributed by atoms with Crippen LogP contribution in [-0.4, -0.2) is 11.5 Å². The van der Waals surface area contributed by atoms with Crippen LogP contribution < -0.4 is 5.32 Å². The molecule has 4 aromatic rings. The summed E-state index contributed by atoms with van der Waals surface area (Å²) in [5.74, 6) is -3.27. The fraction of sp³-hybridized carbons (Fsp3) is 0.267. The number of aromatic amines is 1. The number of nitrogens with one attached hydrogen (secondary N) is 2. The lowest BCUT2D eigenvalue weighted by Crippen LogP contribution is -2.32. The van der Waals surface area contributed by atoms with Crippen LogP contribution in [0.3, 0.4) is 0 Å². The van der Waals surface area contributed by atoms with Gasteiger partial charge in [-0.1, -0.05) is 61.5 Å². The molecule has 3 aromatic carbocycles. The Morgan fingerprint density at radius 3 is 2.54 bits per heavy atom. The topological polar surface area (TPSA) is 27.8 Å². The maximum Gasteiger partial charge on any atom is 0.276 e. The van der Waals surface area contributed by atoms with Gasteiger partial charge in [-0.3, -0.25) is 0 Å². The lowest BCUT2D eigenvalue weighted by molar-refractivity contribution is -0.0948. The number of alkyl halides is 2. The first-order valence-corrected chi connectivity index (χ1v) is 13.2. The Kier molecular flexibility index (Phi) is 6.96. The van der Waals surface area contributed by atoms with Crippen LogP contribution in [-0.2, 0) is 18.8 Å². The van der Waals surface area contributed by atoms with E-state index in [1.54, 1.807) is 12.1 Å². The van der Waals surface area contributed by atoms with Gasteiger partial charge in [-0.15, -0.1) is 0 Å². The third-order valence-electron chi connectivity index (χ3n) is 7.15. The summed E-state index contributed by atoms with van der Waals surface area (Å²) in [5, 5.41) is 4.69. The lowest BCUT2D eigenvalue weighted by Gasteiger charge is -2.34. The molecule has 5 rings (SSSR count). The second-order valence-corrected chi connectivity index (χ2v) is 10.7. The van der Waals surface area contributed by atoms with E-state index in [2.05, 4.69) is 63.9 Å². The first-order chi connectivity index (χ1) is 16.9. The first-order valence-electron chi connectivity index (χ1n) is 12.2. The molecule has 1 fully saturated rings. The van der Waals surface area contributed by atoms with Gasteiger partial charge in [0.2, 0.25) is 0 Å². The highest BCUT2D eigenvalue weighted by Gasteiger charge is 2.45. The van der Waals surface area contributed by atoms with Crippen LogP contribution in [0.15, 0.2) is 79.5 Å². The van der Waals surface area contributed by atoms with Gasteiger partial charge in [0.15, 0.2) is 0 Å². The van der Waals surface area contributed by atoms with Crippen molar-refractivity contribution >= 4 is 39.2 Å². The summed E-state index contributed by atoms with van der Waals surface area (Å²) < 4.78 is 31.3. The van der Waals surface area contributed by atoms with Gasteiger partial charge in [0.25, 0.3) is 5.92 Å². The molecule has 0 spiro atoms. The third-order valence-corrected chi connectivity index (χ3v) is 7.82. The zero-order valence-electron chi connectivity index (χ0n) is 19.6. The van der Waals surface area contributed by atoms with Crippen molar-refractivity contribution in [1.82, 2.24) is 10.3 Å². The van der Waals surface area contributed by atoms with E-state index in [4.69, 9.17) is 0 Å². The average Bonchev–Trinajstić information content (AvgIpc) is 3.20. The van der Waals surface area contributed by atoms with Crippen LogP contribution in [0.5, 0.6) is 0 Å². The number of hydrogen-bond acceptors (Lipinski definition) is 1. The zero-order chi connectivity index (χ0) is 24.4. The first kappa shape index (κ1) is 24.0. The van der Waals surface area contributed by atoms with E-state index in [0.29, 0.717) is 24.8 Å². The van der Waals surface area contributed by atoms with E-state index in [1.807, 2.05) is 36.4 Å². The van der Waals surface area contributed by atoms with Crippen LogP contribution in [0.4, 0.5) is 8.78 Å². The Morgan fingerprint density at radius 2 is 1.80 bits per heavy atom. The second kappa shape index (κ2) is 10.1. The van der Waals surface area contributed by atoms with Gasteiger partial charge in [-0.25, -0.2) is 8.78 Å². The van der Waals surface area contributed by atoms with E-state index in [1.165, 1.54) is 14.5 Å². The van der Waals surface area contributed by atoms with Crippen LogP contribution in [0.2, 0.25) is 0 Å². The number of hydrogen-bond donors (Lipinski definition) is 2. The molecular weight excluding hydrogens is 553 g/mol. The van der Waals surface area contributed by atoms with E-state index >= 15 is 8.78 Å². The maximum absolute atomic E-state index is 15.0. The fourth-order valence-corrected chi connectivity index (χ4v) is 5.33. The molecule has 0 bridgehead atoms. The molecule has 0 saturated heterocycles. The molecule has 0 amide bonds. The molecule has 1 aliphatic carbocycles. The Bertz CT molecular complexity index is 1340. The van der Waals surface area contributed by atoms with Crippen molar-refractivity contribution in [1.29, 1.82) is 0 Å². The number of fused-ring (bicyclic) bond motifs is 1. The number of aromatic nitrogens is 1. The lowest BCUT2D eigenvalue weighted by atomic mass is 9.76. The normalized spacial score (nSPS) is 14.1. The predicted octanol–water partition coefficient (Wildman–Crippen LogP) is 8.06. The highest BCUT2D eigenvalue weighted by atomic mass is 127. The van der Waals surface area contributed by atoms with E-state index in [0.717, 1.165) is 41.7 Å². The smallest absolute Gasteiger partial charge is 0.276 e. The Balaban J connectivity index is 1.21. The number of rotatable bonds is 9. The number of halogens is 3. The molecule has 1 heterocycles. The molecule has 2 N–H and O–H groups in total. The maximum atomic E-state index is 15.0. The second-order valence-electron chi connectivity index (χ2n) is 9.44. The van der Waals surface area contributed by atoms with Crippen molar-refractivity contribution in [2.45, 2.75) is 38.0 Å². The highest BCUT2D eigenvalue weighted by Crippen LogP contribution is 2.47. The van der Waals surface area contributed by atoms with E-state index < -0.39 is 11.8 Å². The quantitative estimate of drug-likeness (QED) is 0.192. The van der Waals surface area contributed by atoms with Crippen molar-refractivity contribution in [3.63, 3.8) is 0 Å². The van der Waals surface area contributed by atoms with Gasteiger partial charge in [0, 0.05) is 44.4 Å². The molecule has 1 saturated carbocycles. The third kappa shape index (κ3) is 5.15. The molecule has 0 unspecified atom stereocenters. The van der Waals surface area contributed by atoms with Gasteiger partial charge in [-0.2, -0.15) is 0 Å². The molecule has 5 heteroatoms. The van der Waals surface area contributed by atoms with Crippen molar-refractivity contribution < 1.29 is 8.78 Å². The van der Waals surface area contributed by atoms with Gasteiger partial charge in [-0.05, 0) is 88.7 Å². The molecule has 180 valence electrons. The van der Waals surface area contributed by atoms with Gasteiger partial charge in [0.1, 0.15) is 0 Å². The van der Waals surface area contributed by atoms with Crippen molar-refractivity contribution in [2.24, 2.45) is 5.92 Å². The molecule has 0 radical (unpaired) electrons. The molecule has 0 aliphatic heterocycles. The fourth-order valence-electron chi connectivity index (χ4n) is 4.84. The van der Waals surface area contributed by atoms with Crippen LogP contribution in [0.25, 0.3) is 16.6 Å². The summed E-state index contributed by atoms with van der Waals surface area (Å²) in [7, 11) is 0. The number of benzene rings is 3. The Labute approximate surface area is 219 Å². The summed E-state index contributed by atoms with van der Waals surface area (Å²) in [5.41, 5.74) is 6.23. The largest absolute Gasteiger partial charge is 0.385 e. The summed E-state index contributed by atoms with van der Waals surface area (Å²) in [6, 6.07) is 21.5. The van der Waals surface area contributed by atoms with Crippen molar-refractivity contribution in [3.8, 4) is 0 Å². The highest BCUT2D eigenvalue weighted by molar-refractivity contribution is 14.1. The van der Waals surface area contributed by atoms with Crippen LogP contribution in [0.1, 0.15) is 47.1 Å². The van der Waals surface area contributed by atoms with Gasteiger partial charge < -0.3 is 10.3 Å². The SMILES string of the molecule is C=C(NCCc1c[nH]c2ccc(I)cc12)c1ccc(Cc2ccccc2C(F)(F)C2CCC2)cc1. The minimum Gasteiger partial charge on any atom is -0.385 e. The summed E-state index contributed by atoms with van der Waals surface area (Å²) in [4.78, 5) is 3.34. The minimum atomic E-state index is -2.75. The average molecular weight is 582 g/mol. The molecule has 0 atom stereocenters. The molecule has 1 aromatic heterocycles. The van der Waals surface area contributed by atoms with Gasteiger partial charge in [0.05, 0.1) is 0 Å².